The van der Waals surface area contributed by atoms with Crippen LogP contribution in [0.2, 0.25) is 0 Å². The topological polar surface area (TPSA) is 128 Å². The fourth-order valence-electron chi connectivity index (χ4n) is 1.21. The fraction of sp³-hybridized carbons (Fsp3) is 0.333. The van der Waals surface area contributed by atoms with Gasteiger partial charge in [-0.05, 0) is 34.1 Å². The van der Waals surface area contributed by atoms with Crippen LogP contribution in [0, 0.1) is 0 Å². The molecule has 0 atom stereocenters. The first-order chi connectivity index (χ1) is 9.15. The van der Waals surface area contributed by atoms with Gasteiger partial charge in [0.2, 0.25) is 10.0 Å². The summed E-state index contributed by atoms with van der Waals surface area (Å²) in [6, 6.07) is 3.70. The molecule has 0 saturated carbocycles. The number of hydrogen-bond donors (Lipinski definition) is 3. The number of primary sulfonamides is 1. The molecule has 1 aromatic carbocycles. The molecule has 0 aliphatic heterocycles. The first-order valence-electron chi connectivity index (χ1n) is 5.24. The number of ether oxygens (including phenoxy) is 1. The first kappa shape index (κ1) is 17.3. The number of halogens is 1. The molecule has 0 fully saturated rings. The maximum atomic E-state index is 11.7. The van der Waals surface area contributed by atoms with Gasteiger partial charge in [0.15, 0.2) is 0 Å². The normalized spacial score (nSPS) is 12.3. The second-order valence-electron chi connectivity index (χ2n) is 3.68. The summed E-state index contributed by atoms with van der Waals surface area (Å²) < 4.78 is 55.1. The number of nitrogens with two attached hydrogens (primary N) is 1. The zero-order valence-corrected chi connectivity index (χ0v) is 13.7. The quantitative estimate of drug-likeness (QED) is 0.566. The highest BCUT2D eigenvalue weighted by atomic mass is 79.9. The Kier molecular flexibility index (Phi) is 5.91. The Balaban J connectivity index is 2.89. The molecule has 11 heteroatoms. The van der Waals surface area contributed by atoms with Crippen molar-refractivity contribution >= 4 is 41.8 Å². The lowest BCUT2D eigenvalue weighted by atomic mass is 10.3. The van der Waals surface area contributed by atoms with Crippen molar-refractivity contribution in [1.82, 2.24) is 4.72 Å². The van der Waals surface area contributed by atoms with E-state index in [1.165, 1.54) is 25.3 Å². The summed E-state index contributed by atoms with van der Waals surface area (Å²) in [5.74, 6) is 0. The smallest absolute Gasteiger partial charge is 0.299 e. The second kappa shape index (κ2) is 6.83. The van der Waals surface area contributed by atoms with Crippen LogP contribution in [0.3, 0.4) is 0 Å². The Morgan fingerprint density at radius 1 is 1.30 bits per heavy atom. The van der Waals surface area contributed by atoms with Crippen LogP contribution in [0.25, 0.3) is 0 Å². The summed E-state index contributed by atoms with van der Waals surface area (Å²) in [7, 11) is -6.16. The lowest BCUT2D eigenvalue weighted by Crippen LogP contribution is -2.32. The summed E-state index contributed by atoms with van der Waals surface area (Å²) in [4.78, 5) is -0.125. The van der Waals surface area contributed by atoms with Crippen LogP contribution in [-0.4, -0.2) is 37.1 Å². The second-order valence-corrected chi connectivity index (χ2v) is 7.59. The average molecular weight is 388 g/mol. The van der Waals surface area contributed by atoms with Crippen LogP contribution in [0.1, 0.15) is 0 Å². The molecule has 0 aliphatic rings. The van der Waals surface area contributed by atoms with Gasteiger partial charge in [0.1, 0.15) is 0 Å². The molecule has 0 unspecified atom stereocenters. The van der Waals surface area contributed by atoms with Crippen molar-refractivity contribution in [2.24, 2.45) is 5.14 Å². The van der Waals surface area contributed by atoms with Crippen LogP contribution in [0.15, 0.2) is 27.6 Å². The average Bonchev–Trinajstić information content (AvgIpc) is 2.30. The molecule has 0 radical (unpaired) electrons. The van der Waals surface area contributed by atoms with Crippen molar-refractivity contribution in [3.63, 3.8) is 0 Å². The highest BCUT2D eigenvalue weighted by Crippen LogP contribution is 2.25. The maximum absolute atomic E-state index is 11.7. The minimum Gasteiger partial charge on any atom is -0.383 e. The highest BCUT2D eigenvalue weighted by molar-refractivity contribution is 9.10. The monoisotopic (exact) mass is 387 g/mol. The Morgan fingerprint density at radius 3 is 2.45 bits per heavy atom. The van der Waals surface area contributed by atoms with Gasteiger partial charge in [-0.25, -0.2) is 13.6 Å². The summed E-state index contributed by atoms with van der Waals surface area (Å²) in [6.45, 7) is 0.338. The van der Waals surface area contributed by atoms with Crippen LogP contribution < -0.4 is 14.6 Å². The van der Waals surface area contributed by atoms with Gasteiger partial charge in [-0.1, -0.05) is 0 Å². The van der Waals surface area contributed by atoms with Crippen LogP contribution in [0.5, 0.6) is 0 Å². The molecule has 0 saturated heterocycles. The van der Waals surface area contributed by atoms with E-state index in [1.54, 1.807) is 0 Å². The summed E-state index contributed by atoms with van der Waals surface area (Å²) in [5, 5.41) is 4.97. The van der Waals surface area contributed by atoms with Crippen LogP contribution in [0.4, 0.5) is 5.69 Å². The van der Waals surface area contributed by atoms with Crippen molar-refractivity contribution in [2.75, 3.05) is 25.0 Å². The molecule has 0 aromatic heterocycles. The number of methoxy groups -OCH3 is 1. The van der Waals surface area contributed by atoms with Gasteiger partial charge in [0.25, 0.3) is 10.2 Å². The number of rotatable bonds is 7. The van der Waals surface area contributed by atoms with Crippen molar-refractivity contribution in [3.8, 4) is 0 Å². The molecule has 1 rings (SSSR count). The van der Waals surface area contributed by atoms with E-state index in [2.05, 4.69) is 25.4 Å². The van der Waals surface area contributed by atoms with Gasteiger partial charge in [-0.15, -0.1) is 0 Å². The predicted octanol–water partition coefficient (Wildman–Crippen LogP) is -0.0108. The highest BCUT2D eigenvalue weighted by Gasteiger charge is 2.14. The molecule has 8 nitrogen and oxygen atoms in total. The largest absolute Gasteiger partial charge is 0.383 e. The minimum atomic E-state index is -3.84. The molecule has 4 N–H and O–H groups in total. The molecular formula is C9H14BrN3O5S2. The van der Waals surface area contributed by atoms with E-state index in [0.717, 1.165) is 0 Å². The van der Waals surface area contributed by atoms with Crippen LogP contribution in [-0.2, 0) is 25.0 Å². The summed E-state index contributed by atoms with van der Waals surface area (Å²) in [6.07, 6.45) is 0. The minimum absolute atomic E-state index is 0.110. The third-order valence-corrected chi connectivity index (χ3v) is 4.75. The third-order valence-electron chi connectivity index (χ3n) is 2.11. The van der Waals surface area contributed by atoms with Crippen molar-refractivity contribution in [1.29, 1.82) is 0 Å². The van der Waals surface area contributed by atoms with E-state index >= 15 is 0 Å². The summed E-state index contributed by atoms with van der Waals surface area (Å²) >= 11 is 3.07. The lowest BCUT2D eigenvalue weighted by Gasteiger charge is -2.11. The Hall–Kier alpha value is -0.720. The molecule has 0 amide bonds. The first-order valence-corrected chi connectivity index (χ1v) is 9.06. The van der Waals surface area contributed by atoms with Crippen molar-refractivity contribution < 1.29 is 21.6 Å². The number of anilines is 1. The molecule has 1 aromatic rings. The summed E-state index contributed by atoms with van der Waals surface area (Å²) in [5.41, 5.74) is 0.183. The van der Waals surface area contributed by atoms with Gasteiger partial charge in [-0.3, -0.25) is 4.72 Å². The lowest BCUT2D eigenvalue weighted by molar-refractivity contribution is 0.204. The zero-order chi connectivity index (χ0) is 15.4. The Labute approximate surface area is 126 Å². The fourth-order valence-corrected chi connectivity index (χ4v) is 3.41. The van der Waals surface area contributed by atoms with Gasteiger partial charge in [-0.2, -0.15) is 13.1 Å². The molecule has 114 valence electrons. The Morgan fingerprint density at radius 2 is 1.95 bits per heavy atom. The molecule has 20 heavy (non-hydrogen) atoms. The molecule has 0 bridgehead atoms. The van der Waals surface area contributed by atoms with E-state index in [-0.39, 0.29) is 28.2 Å². The van der Waals surface area contributed by atoms with Crippen molar-refractivity contribution in [2.45, 2.75) is 4.90 Å². The predicted molar refractivity (Wildman–Crippen MR) is 77.9 cm³/mol. The van der Waals surface area contributed by atoms with E-state index in [0.29, 0.717) is 0 Å². The standard InChI is InChI=1S/C9H14BrN3O5S2/c1-18-5-4-12-20(16,17)13-9-3-2-7(6-8(9)10)19(11,14)15/h2-3,6,12-13H,4-5H2,1H3,(H2,11,14,15). The number of hydrogen-bond acceptors (Lipinski definition) is 5. The van der Waals surface area contributed by atoms with Gasteiger partial charge < -0.3 is 4.74 Å². The molecule has 0 spiro atoms. The molecular weight excluding hydrogens is 374 g/mol. The van der Waals surface area contributed by atoms with E-state index in [4.69, 9.17) is 9.88 Å². The molecule has 0 heterocycles. The SMILES string of the molecule is COCCNS(=O)(=O)Nc1ccc(S(N)(=O)=O)cc1Br. The van der Waals surface area contributed by atoms with Crippen LogP contribution >= 0.6 is 15.9 Å². The molecule has 0 aliphatic carbocycles. The van der Waals surface area contributed by atoms with E-state index in [1.807, 2.05) is 0 Å². The van der Waals surface area contributed by atoms with Gasteiger partial charge in [0.05, 0.1) is 17.2 Å². The van der Waals surface area contributed by atoms with Gasteiger partial charge >= 0.3 is 0 Å². The van der Waals surface area contributed by atoms with E-state index in [9.17, 15) is 16.8 Å². The van der Waals surface area contributed by atoms with Gasteiger partial charge in [0, 0.05) is 18.1 Å². The number of benzene rings is 1. The third kappa shape index (κ3) is 5.34. The Bertz CT molecular complexity index is 675. The maximum Gasteiger partial charge on any atom is 0.299 e. The number of sulfonamides is 1. The zero-order valence-electron chi connectivity index (χ0n) is 10.5. The van der Waals surface area contributed by atoms with Crippen molar-refractivity contribution in [3.05, 3.63) is 22.7 Å². The van der Waals surface area contributed by atoms with E-state index < -0.39 is 20.2 Å². The number of nitrogens with one attached hydrogen (secondary N) is 2.